The number of hydrogen-bond donors (Lipinski definition) is 0. The number of hydrogen-bond acceptors (Lipinski definition) is 5. The van der Waals surface area contributed by atoms with Gasteiger partial charge in [-0.05, 0) is 12.1 Å². The lowest BCUT2D eigenvalue weighted by atomic mass is 10.2. The summed E-state index contributed by atoms with van der Waals surface area (Å²) < 4.78 is 26.7. The van der Waals surface area contributed by atoms with Crippen LogP contribution in [-0.2, 0) is 9.47 Å². The molecule has 0 aliphatic carbocycles. The molecule has 1 aromatic rings. The Morgan fingerprint density at radius 1 is 1.19 bits per heavy atom. The fraction of sp³-hybridized carbons (Fsp3) is 0.455. The Morgan fingerprint density at radius 3 is 2.75 bits per heavy atom. The average Bonchev–Trinajstić information content (AvgIpc) is 2.97. The minimum absolute atomic E-state index is 0.224. The summed E-state index contributed by atoms with van der Waals surface area (Å²) in [6, 6.07) is 3.71. The van der Waals surface area contributed by atoms with E-state index in [2.05, 4.69) is 0 Å². The van der Waals surface area contributed by atoms with E-state index in [0.29, 0.717) is 30.5 Å². The van der Waals surface area contributed by atoms with Crippen LogP contribution in [0.2, 0.25) is 0 Å². The van der Waals surface area contributed by atoms with Crippen LogP contribution in [0, 0.1) is 0 Å². The van der Waals surface area contributed by atoms with E-state index >= 15 is 0 Å². The number of methoxy groups -OCH3 is 1. The zero-order valence-corrected chi connectivity index (χ0v) is 8.89. The van der Waals surface area contributed by atoms with E-state index < -0.39 is 0 Å². The maximum absolute atomic E-state index is 5.42. The summed E-state index contributed by atoms with van der Waals surface area (Å²) in [5.74, 6) is 1.96. The second-order valence-corrected chi connectivity index (χ2v) is 3.53. The van der Waals surface area contributed by atoms with Crippen molar-refractivity contribution in [2.75, 3.05) is 27.1 Å². The molecule has 0 saturated carbocycles. The van der Waals surface area contributed by atoms with Crippen molar-refractivity contribution in [2.24, 2.45) is 0 Å². The first kappa shape index (κ1) is 9.74. The number of rotatable bonds is 2. The molecular weight excluding hydrogens is 212 g/mol. The molecular formula is C11H12O5. The van der Waals surface area contributed by atoms with Crippen molar-refractivity contribution in [1.29, 1.82) is 0 Å². The van der Waals surface area contributed by atoms with Crippen LogP contribution in [0.25, 0.3) is 0 Å². The average molecular weight is 224 g/mol. The van der Waals surface area contributed by atoms with E-state index in [1.54, 1.807) is 7.11 Å². The van der Waals surface area contributed by atoms with E-state index in [9.17, 15) is 0 Å². The lowest BCUT2D eigenvalue weighted by molar-refractivity contribution is -0.0443. The third kappa shape index (κ3) is 1.48. The van der Waals surface area contributed by atoms with Crippen LogP contribution < -0.4 is 14.2 Å². The molecule has 5 nitrogen and oxygen atoms in total. The molecule has 0 atom stereocenters. The van der Waals surface area contributed by atoms with Crippen molar-refractivity contribution in [2.45, 2.75) is 6.29 Å². The van der Waals surface area contributed by atoms with Gasteiger partial charge in [0.15, 0.2) is 17.8 Å². The third-order valence-corrected chi connectivity index (χ3v) is 2.57. The zero-order valence-electron chi connectivity index (χ0n) is 8.89. The molecule has 16 heavy (non-hydrogen) atoms. The molecule has 2 aliphatic rings. The van der Waals surface area contributed by atoms with Crippen molar-refractivity contribution >= 4 is 0 Å². The Balaban J connectivity index is 2.00. The van der Waals surface area contributed by atoms with Gasteiger partial charge in [-0.1, -0.05) is 0 Å². The molecule has 0 bridgehead atoms. The summed E-state index contributed by atoms with van der Waals surface area (Å²) in [6.45, 7) is 1.45. The van der Waals surface area contributed by atoms with Gasteiger partial charge in [0.2, 0.25) is 12.5 Å². The topological polar surface area (TPSA) is 46.2 Å². The van der Waals surface area contributed by atoms with Gasteiger partial charge in [0.05, 0.1) is 20.3 Å². The van der Waals surface area contributed by atoms with E-state index in [-0.39, 0.29) is 13.1 Å². The minimum atomic E-state index is -0.330. The number of ether oxygens (including phenoxy) is 5. The molecule has 1 aromatic carbocycles. The van der Waals surface area contributed by atoms with Crippen molar-refractivity contribution < 1.29 is 23.7 Å². The highest BCUT2D eigenvalue weighted by atomic mass is 16.7. The molecule has 0 spiro atoms. The molecule has 1 saturated heterocycles. The maximum Gasteiger partial charge on any atom is 0.231 e. The standard InChI is InChI=1S/C11H12O5/c1-12-8-4-7(11-13-2-3-14-11)5-9-10(8)16-6-15-9/h4-5,11H,2-3,6H2,1H3. The molecule has 86 valence electrons. The highest BCUT2D eigenvalue weighted by molar-refractivity contribution is 5.55. The molecule has 0 radical (unpaired) electrons. The van der Waals surface area contributed by atoms with Crippen molar-refractivity contribution in [3.8, 4) is 17.2 Å². The maximum atomic E-state index is 5.42. The summed E-state index contributed by atoms with van der Waals surface area (Å²) in [5.41, 5.74) is 0.888. The van der Waals surface area contributed by atoms with Gasteiger partial charge in [0.1, 0.15) is 0 Å². The second-order valence-electron chi connectivity index (χ2n) is 3.53. The SMILES string of the molecule is COc1cc(C2OCCO2)cc2c1OCO2. The quantitative estimate of drug-likeness (QED) is 0.761. The van der Waals surface area contributed by atoms with Gasteiger partial charge in [-0.2, -0.15) is 0 Å². The molecule has 0 aromatic heterocycles. The summed E-state index contributed by atoms with van der Waals surface area (Å²) in [7, 11) is 1.59. The smallest absolute Gasteiger partial charge is 0.231 e. The number of benzene rings is 1. The van der Waals surface area contributed by atoms with Crippen molar-refractivity contribution in [3.63, 3.8) is 0 Å². The largest absolute Gasteiger partial charge is 0.493 e. The zero-order chi connectivity index (χ0) is 11.0. The predicted molar refractivity (Wildman–Crippen MR) is 53.8 cm³/mol. The predicted octanol–water partition coefficient (Wildman–Crippen LogP) is 1.47. The van der Waals surface area contributed by atoms with Gasteiger partial charge in [-0.3, -0.25) is 0 Å². The molecule has 2 heterocycles. The van der Waals surface area contributed by atoms with E-state index in [1.165, 1.54) is 0 Å². The molecule has 0 unspecified atom stereocenters. The van der Waals surface area contributed by atoms with Crippen LogP contribution in [-0.4, -0.2) is 27.1 Å². The highest BCUT2D eigenvalue weighted by Gasteiger charge is 2.25. The van der Waals surface area contributed by atoms with Crippen molar-refractivity contribution in [1.82, 2.24) is 0 Å². The Labute approximate surface area is 92.8 Å². The Bertz CT molecular complexity index is 398. The van der Waals surface area contributed by atoms with E-state index in [4.69, 9.17) is 23.7 Å². The molecule has 5 heteroatoms. The summed E-state index contributed by atoms with van der Waals surface area (Å²) in [6.07, 6.45) is -0.330. The normalized spacial score (nSPS) is 19.1. The first-order chi connectivity index (χ1) is 7.88. The number of fused-ring (bicyclic) bond motifs is 1. The fourth-order valence-corrected chi connectivity index (χ4v) is 1.84. The van der Waals surface area contributed by atoms with Gasteiger partial charge >= 0.3 is 0 Å². The summed E-state index contributed by atoms with van der Waals surface area (Å²) in [5, 5.41) is 0. The Morgan fingerprint density at radius 2 is 2.00 bits per heavy atom. The van der Waals surface area contributed by atoms with Gasteiger partial charge in [0, 0.05) is 5.56 Å². The van der Waals surface area contributed by atoms with E-state index in [1.807, 2.05) is 12.1 Å². The highest BCUT2D eigenvalue weighted by Crippen LogP contribution is 2.43. The van der Waals surface area contributed by atoms with Gasteiger partial charge < -0.3 is 23.7 Å². The molecule has 1 fully saturated rings. The monoisotopic (exact) mass is 224 g/mol. The van der Waals surface area contributed by atoms with Gasteiger partial charge in [-0.25, -0.2) is 0 Å². The lowest BCUT2D eigenvalue weighted by Gasteiger charge is -2.12. The summed E-state index contributed by atoms with van der Waals surface area (Å²) in [4.78, 5) is 0. The van der Waals surface area contributed by atoms with Gasteiger partial charge in [0.25, 0.3) is 0 Å². The first-order valence-corrected chi connectivity index (χ1v) is 5.09. The minimum Gasteiger partial charge on any atom is -0.493 e. The van der Waals surface area contributed by atoms with Crippen LogP contribution in [0.1, 0.15) is 11.9 Å². The van der Waals surface area contributed by atoms with Crippen LogP contribution >= 0.6 is 0 Å². The van der Waals surface area contributed by atoms with Crippen LogP contribution in [0.3, 0.4) is 0 Å². The molecule has 0 amide bonds. The van der Waals surface area contributed by atoms with Crippen LogP contribution in [0.15, 0.2) is 12.1 Å². The molecule has 3 rings (SSSR count). The van der Waals surface area contributed by atoms with Crippen molar-refractivity contribution in [3.05, 3.63) is 17.7 Å². The van der Waals surface area contributed by atoms with Crippen LogP contribution in [0.5, 0.6) is 17.2 Å². The van der Waals surface area contributed by atoms with Gasteiger partial charge in [-0.15, -0.1) is 0 Å². The third-order valence-electron chi connectivity index (χ3n) is 2.57. The first-order valence-electron chi connectivity index (χ1n) is 5.09. The van der Waals surface area contributed by atoms with Crippen LogP contribution in [0.4, 0.5) is 0 Å². The molecule has 2 aliphatic heterocycles. The van der Waals surface area contributed by atoms with E-state index in [0.717, 1.165) is 5.56 Å². The molecule has 0 N–H and O–H groups in total. The Kier molecular flexibility index (Phi) is 2.34. The second kappa shape index (κ2) is 3.84. The Hall–Kier alpha value is -1.46. The fourth-order valence-electron chi connectivity index (χ4n) is 1.84. The lowest BCUT2D eigenvalue weighted by Crippen LogP contribution is -1.99. The summed E-state index contributed by atoms with van der Waals surface area (Å²) >= 11 is 0.